The van der Waals surface area contributed by atoms with Crippen molar-refractivity contribution < 1.29 is 24.4 Å². The topological polar surface area (TPSA) is 35.9 Å². The van der Waals surface area contributed by atoms with Gasteiger partial charge in [-0.2, -0.15) is 0 Å². The number of benzene rings is 8. The Labute approximate surface area is 432 Å². The third kappa shape index (κ3) is 8.39. The van der Waals surface area contributed by atoms with E-state index >= 15 is 0 Å². The minimum Gasteiger partial charge on any atom is -0.458 e. The zero-order valence-corrected chi connectivity index (χ0v) is 40.4. The zero-order chi connectivity index (χ0) is 57.9. The molecule has 11 aromatic rings. The van der Waals surface area contributed by atoms with Crippen LogP contribution in [0.3, 0.4) is 0 Å². The van der Waals surface area contributed by atoms with E-state index in [-0.39, 0.29) is 38.8 Å². The van der Waals surface area contributed by atoms with Crippen molar-refractivity contribution in [3.05, 3.63) is 224 Å². The van der Waals surface area contributed by atoms with Gasteiger partial charge in [-0.1, -0.05) is 168 Å². The Morgan fingerprint density at radius 2 is 1.32 bits per heavy atom. The Balaban J connectivity index is 1.06. The summed E-state index contributed by atoms with van der Waals surface area (Å²) in [5, 5.41) is 2.08. The average Bonchev–Trinajstić information content (AvgIpc) is 4.08. The molecular weight excluding hydrogens is 865 g/mol. The molecule has 0 amide bonds. The highest BCUT2D eigenvalue weighted by molar-refractivity contribution is 6.10. The standard InChI is InChI=1S/C66H58N4O/c1-65(2,3)51-35-38-67-63(41-51)70-59-31-27-49(45-17-9-6-10-18-45)39-58(59)57-30-29-54(43-61(57)70)71-53-24-15-23-52(42-53)68-44-69(62-40-50(28-32-60(62)68)46-33-36-66(4,5)37-34-46)64-55(47-19-11-7-12-20-47)25-16-26-56(64)48-21-13-8-14-22-48/h6-32,35,38-43,46H,33-34,36-37H2,1-5H3/i7D,8D,11D,12D,13D,14D,19D,20D,21D,22D,46D. The summed E-state index contributed by atoms with van der Waals surface area (Å²) >= 11 is 0. The van der Waals surface area contributed by atoms with Gasteiger partial charge in [0.15, 0.2) is 0 Å². The van der Waals surface area contributed by atoms with Crippen molar-refractivity contribution in [2.24, 2.45) is 5.41 Å². The molecule has 1 saturated carbocycles. The molecule has 12 rings (SSSR count). The largest absolute Gasteiger partial charge is 0.458 e. The molecule has 1 aliphatic rings. The quantitative estimate of drug-likeness (QED) is 0.107. The molecule has 5 heteroatoms. The highest BCUT2D eigenvalue weighted by atomic mass is 16.5. The van der Waals surface area contributed by atoms with Gasteiger partial charge in [0.05, 0.1) is 47.1 Å². The van der Waals surface area contributed by atoms with E-state index in [9.17, 15) is 6.85 Å². The minimum absolute atomic E-state index is 0.0620. The Kier molecular flexibility index (Phi) is 8.37. The molecule has 0 spiro atoms. The smallest absolute Gasteiger partial charge is 0.269 e. The maximum atomic E-state index is 9.95. The van der Waals surface area contributed by atoms with Crippen LogP contribution in [0, 0.1) is 11.7 Å². The van der Waals surface area contributed by atoms with E-state index in [2.05, 4.69) is 94.0 Å². The van der Waals surface area contributed by atoms with Crippen molar-refractivity contribution in [2.45, 2.75) is 71.6 Å². The van der Waals surface area contributed by atoms with Crippen molar-refractivity contribution in [3.63, 3.8) is 0 Å². The van der Waals surface area contributed by atoms with Crippen LogP contribution in [-0.4, -0.2) is 14.1 Å². The second-order valence-corrected chi connectivity index (χ2v) is 20.3. The SMILES string of the molecule is [2H]c1c([2H])c([2H])c(-c2cccc(-c3c([2H])c([2H])c([2H])c([2H])c3[2H])c2-[n+]2[c-]n(-c3cccc(Oc4ccc5c6cc(-c7ccccc7)ccc6n(-c6cc(C(C)(C)C)ccn6)c5c4)c3)c3ccc(C4([2H])CCC(C)(C)CC4)cc32)c([2H])c1[2H]. The lowest BCUT2D eigenvalue weighted by atomic mass is 9.71. The molecule has 8 aromatic carbocycles. The average molecular weight is 934 g/mol. The molecule has 0 N–H and O–H groups in total. The first kappa shape index (κ1) is 33.5. The number of hydrogen-bond acceptors (Lipinski definition) is 2. The van der Waals surface area contributed by atoms with Gasteiger partial charge in [-0.05, 0) is 148 Å². The van der Waals surface area contributed by atoms with Crippen LogP contribution in [0.2, 0.25) is 0 Å². The van der Waals surface area contributed by atoms with Gasteiger partial charge in [0.2, 0.25) is 0 Å². The fraction of sp³-hybridized carbons (Fsp3) is 0.182. The molecule has 5 nitrogen and oxygen atoms in total. The summed E-state index contributed by atoms with van der Waals surface area (Å²) in [7, 11) is 0. The van der Waals surface area contributed by atoms with Gasteiger partial charge in [-0.15, -0.1) is 0 Å². The Bertz CT molecular complexity index is 4270. The molecule has 0 saturated heterocycles. The van der Waals surface area contributed by atoms with Crippen LogP contribution in [0.5, 0.6) is 11.5 Å². The second kappa shape index (κ2) is 17.7. The molecule has 3 aromatic heterocycles. The van der Waals surface area contributed by atoms with Crippen LogP contribution in [-0.2, 0) is 5.41 Å². The summed E-state index contributed by atoms with van der Waals surface area (Å²) in [5.41, 5.74) is 7.73. The van der Waals surface area contributed by atoms with Gasteiger partial charge in [0, 0.05) is 24.4 Å². The molecular formula is C66H58N4O. The van der Waals surface area contributed by atoms with Crippen LogP contribution in [0.1, 0.15) is 92.4 Å². The van der Waals surface area contributed by atoms with Crippen LogP contribution < -0.4 is 9.30 Å². The van der Waals surface area contributed by atoms with Gasteiger partial charge in [-0.3, -0.25) is 13.7 Å². The normalized spacial score (nSPS) is 16.7. The van der Waals surface area contributed by atoms with Gasteiger partial charge in [0.1, 0.15) is 17.3 Å². The summed E-state index contributed by atoms with van der Waals surface area (Å²) in [6.45, 7) is 11.0. The lowest BCUT2D eigenvalue weighted by Crippen LogP contribution is -2.31. The molecule has 0 unspecified atom stereocenters. The Morgan fingerprint density at radius 3 is 2.04 bits per heavy atom. The van der Waals surface area contributed by atoms with Crippen molar-refractivity contribution in [1.82, 2.24) is 14.1 Å². The van der Waals surface area contributed by atoms with Crippen LogP contribution in [0.4, 0.5) is 0 Å². The van der Waals surface area contributed by atoms with E-state index in [1.54, 1.807) is 22.8 Å². The maximum absolute atomic E-state index is 9.95. The van der Waals surface area contributed by atoms with Crippen LogP contribution in [0.25, 0.3) is 83.4 Å². The number of nitrogens with zero attached hydrogens (tertiary/aromatic N) is 4. The summed E-state index contributed by atoms with van der Waals surface area (Å²) in [6.07, 6.45) is 8.27. The summed E-state index contributed by atoms with van der Waals surface area (Å²) in [4.78, 5) is 4.93. The number of hydrogen-bond donors (Lipinski definition) is 0. The molecule has 71 heavy (non-hydrogen) atoms. The van der Waals surface area contributed by atoms with Gasteiger partial charge < -0.3 is 4.74 Å². The van der Waals surface area contributed by atoms with E-state index < -0.39 is 66.3 Å². The second-order valence-electron chi connectivity index (χ2n) is 20.3. The number of rotatable bonds is 9. The van der Waals surface area contributed by atoms with Crippen molar-refractivity contribution in [2.75, 3.05) is 0 Å². The summed E-state index contributed by atoms with van der Waals surface area (Å²) in [5.74, 6) is 0.864. The molecule has 1 aliphatic carbocycles. The van der Waals surface area contributed by atoms with E-state index in [4.69, 9.17) is 17.9 Å². The molecule has 348 valence electrons. The predicted molar refractivity (Wildman–Crippen MR) is 292 cm³/mol. The highest BCUT2D eigenvalue weighted by Crippen LogP contribution is 2.44. The van der Waals surface area contributed by atoms with Crippen molar-refractivity contribution in [1.29, 1.82) is 0 Å². The first-order valence-electron chi connectivity index (χ1n) is 29.7. The van der Waals surface area contributed by atoms with Gasteiger partial charge >= 0.3 is 0 Å². The van der Waals surface area contributed by atoms with E-state index in [0.29, 0.717) is 41.1 Å². The van der Waals surface area contributed by atoms with Crippen molar-refractivity contribution in [3.8, 4) is 62.1 Å². The van der Waals surface area contributed by atoms with Gasteiger partial charge in [0.25, 0.3) is 6.33 Å². The number of pyridine rings is 1. The minimum atomic E-state index is -0.970. The monoisotopic (exact) mass is 934 g/mol. The fourth-order valence-corrected chi connectivity index (χ4v) is 10.1. The Hall–Kier alpha value is -8.02. The van der Waals surface area contributed by atoms with E-state index in [1.807, 2.05) is 83.6 Å². The summed E-state index contributed by atoms with van der Waals surface area (Å²) < 4.78 is 111. The molecule has 3 heterocycles. The zero-order valence-electron chi connectivity index (χ0n) is 51.4. The van der Waals surface area contributed by atoms with Crippen LogP contribution >= 0.6 is 0 Å². The number of fused-ring (bicyclic) bond motifs is 4. The molecule has 0 radical (unpaired) electrons. The lowest BCUT2D eigenvalue weighted by Gasteiger charge is -2.34. The molecule has 0 atom stereocenters. The molecule has 1 fully saturated rings. The van der Waals surface area contributed by atoms with Crippen molar-refractivity contribution >= 4 is 32.8 Å². The number of para-hydroxylation sites is 1. The molecule has 0 bridgehead atoms. The number of imidazole rings is 1. The first-order chi connectivity index (χ1) is 39.0. The van der Waals surface area contributed by atoms with E-state index in [0.717, 1.165) is 62.7 Å². The predicted octanol–water partition coefficient (Wildman–Crippen LogP) is 17.0. The maximum Gasteiger partial charge on any atom is 0.269 e. The molecule has 0 aliphatic heterocycles. The van der Waals surface area contributed by atoms with Gasteiger partial charge in [-0.25, -0.2) is 4.98 Å². The summed E-state index contributed by atoms with van der Waals surface area (Å²) in [6, 6.07) is 39.9. The lowest BCUT2D eigenvalue weighted by molar-refractivity contribution is -0.571. The third-order valence-electron chi connectivity index (χ3n) is 14.1. The Morgan fingerprint density at radius 1 is 0.634 bits per heavy atom. The third-order valence-corrected chi connectivity index (χ3v) is 14.1. The number of ether oxygens (including phenoxy) is 1. The first-order valence-corrected chi connectivity index (χ1v) is 24.2. The fourth-order valence-electron chi connectivity index (χ4n) is 10.1. The highest BCUT2D eigenvalue weighted by Gasteiger charge is 2.29. The van der Waals surface area contributed by atoms with Crippen LogP contribution in [0.15, 0.2) is 206 Å². The number of aromatic nitrogens is 4. The van der Waals surface area contributed by atoms with E-state index in [1.165, 1.54) is 0 Å².